The number of nitriles is 1. The first-order valence-electron chi connectivity index (χ1n) is 6.18. The van der Waals surface area contributed by atoms with Gasteiger partial charge in [-0.05, 0) is 24.8 Å². The number of unbranched alkanes of at least 4 members (excludes halogenated alkanes) is 2. The maximum absolute atomic E-state index is 11.7. The van der Waals surface area contributed by atoms with Crippen molar-refractivity contribution in [3.8, 4) is 6.07 Å². The smallest absolute Gasteiger partial charge is 0.237 e. The molecule has 18 heavy (non-hydrogen) atoms. The molecular weight excluding hydrogens is 226 g/mol. The van der Waals surface area contributed by atoms with Crippen LogP contribution in [0.2, 0.25) is 0 Å². The molecule has 1 aromatic carbocycles. The van der Waals surface area contributed by atoms with E-state index in [9.17, 15) is 4.79 Å². The van der Waals surface area contributed by atoms with E-state index in [1.54, 1.807) is 0 Å². The molecule has 1 atom stereocenters. The van der Waals surface area contributed by atoms with Crippen molar-refractivity contribution in [2.24, 2.45) is 5.73 Å². The van der Waals surface area contributed by atoms with Crippen LogP contribution in [-0.4, -0.2) is 18.5 Å². The van der Waals surface area contributed by atoms with Crippen molar-refractivity contribution in [2.75, 3.05) is 6.54 Å². The number of nitrogens with two attached hydrogens (primary N) is 1. The highest BCUT2D eigenvalue weighted by Crippen LogP contribution is 2.02. The van der Waals surface area contributed by atoms with E-state index in [1.807, 2.05) is 30.3 Å². The number of nitrogens with zero attached hydrogens (tertiary/aromatic N) is 1. The number of hydrogen-bond donors (Lipinski definition) is 2. The van der Waals surface area contributed by atoms with Gasteiger partial charge in [-0.2, -0.15) is 5.26 Å². The van der Waals surface area contributed by atoms with Gasteiger partial charge in [0.25, 0.3) is 0 Å². The van der Waals surface area contributed by atoms with Crippen molar-refractivity contribution in [3.05, 3.63) is 35.9 Å². The molecule has 4 nitrogen and oxygen atoms in total. The van der Waals surface area contributed by atoms with Crippen LogP contribution in [0.4, 0.5) is 0 Å². The van der Waals surface area contributed by atoms with Gasteiger partial charge in [-0.1, -0.05) is 30.3 Å². The summed E-state index contributed by atoms with van der Waals surface area (Å²) >= 11 is 0. The second-order valence-electron chi connectivity index (χ2n) is 4.20. The number of amides is 1. The first-order chi connectivity index (χ1) is 8.74. The molecule has 0 aromatic heterocycles. The van der Waals surface area contributed by atoms with Gasteiger partial charge in [-0.15, -0.1) is 0 Å². The Hall–Kier alpha value is -1.86. The van der Waals surface area contributed by atoms with Crippen molar-refractivity contribution >= 4 is 5.91 Å². The van der Waals surface area contributed by atoms with Crippen LogP contribution in [0.5, 0.6) is 0 Å². The van der Waals surface area contributed by atoms with Gasteiger partial charge in [0.2, 0.25) is 5.91 Å². The van der Waals surface area contributed by atoms with E-state index in [0.29, 0.717) is 19.4 Å². The fourth-order valence-electron chi connectivity index (χ4n) is 1.63. The van der Waals surface area contributed by atoms with Crippen LogP contribution in [0.15, 0.2) is 30.3 Å². The Morgan fingerprint density at radius 1 is 1.33 bits per heavy atom. The van der Waals surface area contributed by atoms with Crippen LogP contribution in [0.3, 0.4) is 0 Å². The third kappa shape index (κ3) is 5.46. The SMILES string of the molecule is N#CCCCCNC(=O)[C@H](N)Cc1ccccc1. The Bertz CT molecular complexity index is 397. The summed E-state index contributed by atoms with van der Waals surface area (Å²) in [6, 6.07) is 11.3. The average molecular weight is 245 g/mol. The Morgan fingerprint density at radius 2 is 2.06 bits per heavy atom. The van der Waals surface area contributed by atoms with Crippen LogP contribution in [0.25, 0.3) is 0 Å². The summed E-state index contributed by atoms with van der Waals surface area (Å²) in [5.74, 6) is -0.129. The largest absolute Gasteiger partial charge is 0.355 e. The van der Waals surface area contributed by atoms with Gasteiger partial charge in [0.1, 0.15) is 0 Å². The number of benzene rings is 1. The third-order valence-electron chi connectivity index (χ3n) is 2.65. The van der Waals surface area contributed by atoms with Gasteiger partial charge < -0.3 is 11.1 Å². The zero-order valence-corrected chi connectivity index (χ0v) is 10.4. The summed E-state index contributed by atoms with van der Waals surface area (Å²) in [6.45, 7) is 0.586. The second kappa shape index (κ2) is 8.26. The number of carbonyl (C=O) groups is 1. The Balaban J connectivity index is 2.23. The van der Waals surface area contributed by atoms with Gasteiger partial charge in [0, 0.05) is 13.0 Å². The first-order valence-corrected chi connectivity index (χ1v) is 6.18. The van der Waals surface area contributed by atoms with Gasteiger partial charge >= 0.3 is 0 Å². The minimum absolute atomic E-state index is 0.129. The second-order valence-corrected chi connectivity index (χ2v) is 4.20. The van der Waals surface area contributed by atoms with E-state index in [-0.39, 0.29) is 5.91 Å². The molecule has 0 radical (unpaired) electrons. The first kappa shape index (κ1) is 14.2. The fourth-order valence-corrected chi connectivity index (χ4v) is 1.63. The monoisotopic (exact) mass is 245 g/mol. The molecule has 0 fully saturated rings. The molecule has 3 N–H and O–H groups in total. The minimum Gasteiger partial charge on any atom is -0.355 e. The van der Waals surface area contributed by atoms with Crippen LogP contribution < -0.4 is 11.1 Å². The number of carbonyl (C=O) groups excluding carboxylic acids is 1. The van der Waals surface area contributed by atoms with E-state index in [2.05, 4.69) is 11.4 Å². The molecule has 4 heteroatoms. The number of rotatable bonds is 7. The van der Waals surface area contributed by atoms with Crippen molar-refractivity contribution in [2.45, 2.75) is 31.7 Å². The molecule has 0 unspecified atom stereocenters. The molecule has 0 heterocycles. The van der Waals surface area contributed by atoms with Gasteiger partial charge in [0.05, 0.1) is 12.1 Å². The normalized spacial score (nSPS) is 11.6. The van der Waals surface area contributed by atoms with Crippen LogP contribution in [0, 0.1) is 11.3 Å². The van der Waals surface area contributed by atoms with Crippen LogP contribution in [0.1, 0.15) is 24.8 Å². The van der Waals surface area contributed by atoms with Crippen LogP contribution >= 0.6 is 0 Å². The maximum Gasteiger partial charge on any atom is 0.237 e. The maximum atomic E-state index is 11.7. The summed E-state index contributed by atoms with van der Waals surface area (Å²) in [6.07, 6.45) is 2.71. The summed E-state index contributed by atoms with van der Waals surface area (Å²) in [5, 5.41) is 11.2. The third-order valence-corrected chi connectivity index (χ3v) is 2.65. The summed E-state index contributed by atoms with van der Waals surface area (Å²) in [7, 11) is 0. The molecule has 0 saturated heterocycles. The number of hydrogen-bond acceptors (Lipinski definition) is 3. The van der Waals surface area contributed by atoms with Crippen molar-refractivity contribution in [3.63, 3.8) is 0 Å². The highest BCUT2D eigenvalue weighted by atomic mass is 16.2. The molecular formula is C14H19N3O. The van der Waals surface area contributed by atoms with E-state index in [4.69, 9.17) is 11.0 Å². The molecule has 0 aliphatic rings. The zero-order chi connectivity index (χ0) is 13.2. The Kier molecular flexibility index (Phi) is 6.52. The van der Waals surface area contributed by atoms with Gasteiger partial charge in [0.15, 0.2) is 0 Å². The van der Waals surface area contributed by atoms with E-state index >= 15 is 0 Å². The summed E-state index contributed by atoms with van der Waals surface area (Å²) in [5.41, 5.74) is 6.89. The van der Waals surface area contributed by atoms with Crippen LogP contribution in [-0.2, 0) is 11.2 Å². The van der Waals surface area contributed by atoms with E-state index < -0.39 is 6.04 Å². The molecule has 1 rings (SSSR count). The highest BCUT2D eigenvalue weighted by molar-refractivity contribution is 5.81. The van der Waals surface area contributed by atoms with Crippen molar-refractivity contribution in [1.82, 2.24) is 5.32 Å². The fraction of sp³-hybridized carbons (Fsp3) is 0.429. The summed E-state index contributed by atoms with van der Waals surface area (Å²) < 4.78 is 0. The lowest BCUT2D eigenvalue weighted by Crippen LogP contribution is -2.42. The molecule has 0 bridgehead atoms. The Morgan fingerprint density at radius 3 is 2.72 bits per heavy atom. The predicted octanol–water partition coefficient (Wildman–Crippen LogP) is 1.37. The molecule has 96 valence electrons. The quantitative estimate of drug-likeness (QED) is 0.712. The highest BCUT2D eigenvalue weighted by Gasteiger charge is 2.12. The molecule has 0 spiro atoms. The lowest BCUT2D eigenvalue weighted by atomic mass is 10.1. The van der Waals surface area contributed by atoms with E-state index in [1.165, 1.54) is 0 Å². The van der Waals surface area contributed by atoms with E-state index in [0.717, 1.165) is 18.4 Å². The van der Waals surface area contributed by atoms with Gasteiger partial charge in [-0.25, -0.2) is 0 Å². The molecule has 0 aliphatic heterocycles. The predicted molar refractivity (Wildman–Crippen MR) is 70.6 cm³/mol. The van der Waals surface area contributed by atoms with Gasteiger partial charge in [-0.3, -0.25) is 4.79 Å². The molecule has 1 aromatic rings. The average Bonchev–Trinajstić information content (AvgIpc) is 2.39. The molecule has 1 amide bonds. The topological polar surface area (TPSA) is 78.9 Å². The molecule has 0 saturated carbocycles. The lowest BCUT2D eigenvalue weighted by molar-refractivity contribution is -0.122. The molecule has 0 aliphatic carbocycles. The summed E-state index contributed by atoms with van der Waals surface area (Å²) in [4.78, 5) is 11.7. The Labute approximate surface area is 108 Å². The van der Waals surface area contributed by atoms with Crippen molar-refractivity contribution in [1.29, 1.82) is 5.26 Å². The zero-order valence-electron chi connectivity index (χ0n) is 10.4. The standard InChI is InChI=1S/C14H19N3O/c15-9-5-2-6-10-17-14(18)13(16)11-12-7-3-1-4-8-12/h1,3-4,7-8,13H,2,5-6,10-11,16H2,(H,17,18)/t13-/m1/s1. The number of nitrogens with one attached hydrogen (secondary N) is 1. The lowest BCUT2D eigenvalue weighted by Gasteiger charge is -2.12. The minimum atomic E-state index is -0.511. The van der Waals surface area contributed by atoms with Crippen molar-refractivity contribution < 1.29 is 4.79 Å².